The molecule has 156 valence electrons. The molecule has 0 bridgehead atoms. The van der Waals surface area contributed by atoms with Crippen molar-refractivity contribution in [1.29, 1.82) is 0 Å². The molecular weight excluding hydrogens is 504 g/mol. The van der Waals surface area contributed by atoms with E-state index in [2.05, 4.69) is 20.6 Å². The molecule has 0 saturated heterocycles. The van der Waals surface area contributed by atoms with Gasteiger partial charge < -0.3 is 15.4 Å². The van der Waals surface area contributed by atoms with Crippen LogP contribution in [-0.4, -0.2) is 24.1 Å². The first kappa shape index (κ1) is 24.6. The zero-order chi connectivity index (χ0) is 19.7. The van der Waals surface area contributed by atoms with Crippen LogP contribution in [0, 0.1) is 0 Å². The highest BCUT2D eigenvalue weighted by atomic mass is 127. The zero-order valence-electron chi connectivity index (χ0n) is 15.7. The molecule has 0 fully saturated rings. The molecule has 0 radical (unpaired) electrons. The number of thiazole rings is 1. The molecule has 0 atom stereocenters. The first-order valence-corrected chi connectivity index (χ1v) is 9.50. The van der Waals surface area contributed by atoms with Crippen molar-refractivity contribution in [2.45, 2.75) is 39.7 Å². The Bertz CT molecular complexity index is 752. The van der Waals surface area contributed by atoms with Gasteiger partial charge in [-0.3, -0.25) is 0 Å². The molecule has 2 aromatic rings. The van der Waals surface area contributed by atoms with Gasteiger partial charge in [0.05, 0.1) is 19.7 Å². The molecule has 5 nitrogen and oxygen atoms in total. The van der Waals surface area contributed by atoms with Crippen LogP contribution in [0.4, 0.5) is 13.2 Å². The van der Waals surface area contributed by atoms with Crippen molar-refractivity contribution in [1.82, 2.24) is 15.6 Å². The molecule has 0 aliphatic heterocycles. The average molecular weight is 528 g/mol. The molecule has 28 heavy (non-hydrogen) atoms. The standard InChI is InChI=1S/C18H23F3N4OS.HI/c1-3-22-17(24-10-16-25-15(12-27-16)18(19,20)21)23-9-13-7-5-6-8-14(13)11-26-4-2;/h5-8,12H,3-4,9-11H2,1-2H3,(H2,22,23,24);1H. The van der Waals surface area contributed by atoms with Gasteiger partial charge in [-0.25, -0.2) is 9.98 Å². The van der Waals surface area contributed by atoms with Crippen LogP contribution in [0.3, 0.4) is 0 Å². The second kappa shape index (κ2) is 12.2. The maximum Gasteiger partial charge on any atom is 0.434 e. The number of benzene rings is 1. The number of aliphatic imine (C=N–C) groups is 1. The number of nitrogens with one attached hydrogen (secondary N) is 2. The van der Waals surface area contributed by atoms with E-state index in [1.54, 1.807) is 0 Å². The Labute approximate surface area is 183 Å². The summed E-state index contributed by atoms with van der Waals surface area (Å²) in [5, 5.41) is 7.48. The molecule has 0 spiro atoms. The lowest BCUT2D eigenvalue weighted by atomic mass is 10.1. The normalized spacial score (nSPS) is 11.8. The van der Waals surface area contributed by atoms with Crippen molar-refractivity contribution in [2.75, 3.05) is 13.2 Å². The molecule has 1 aromatic heterocycles. The number of nitrogens with zero attached hydrogens (tertiary/aromatic N) is 2. The smallest absolute Gasteiger partial charge is 0.377 e. The Kier molecular flexibility index (Phi) is 10.8. The van der Waals surface area contributed by atoms with Gasteiger partial charge in [0.1, 0.15) is 5.01 Å². The number of hydrogen-bond donors (Lipinski definition) is 2. The van der Waals surface area contributed by atoms with Crippen molar-refractivity contribution in [3.05, 3.63) is 51.5 Å². The van der Waals surface area contributed by atoms with Gasteiger partial charge in [-0.2, -0.15) is 13.2 Å². The van der Waals surface area contributed by atoms with Crippen molar-refractivity contribution < 1.29 is 17.9 Å². The fourth-order valence-electron chi connectivity index (χ4n) is 2.25. The number of rotatable bonds is 8. The maximum atomic E-state index is 12.6. The summed E-state index contributed by atoms with van der Waals surface area (Å²) in [6, 6.07) is 7.87. The number of hydrogen-bond acceptors (Lipinski definition) is 4. The van der Waals surface area contributed by atoms with E-state index in [4.69, 9.17) is 4.74 Å². The second-order valence-electron chi connectivity index (χ2n) is 5.58. The fourth-order valence-corrected chi connectivity index (χ4v) is 2.99. The van der Waals surface area contributed by atoms with Crippen molar-refractivity contribution in [3.63, 3.8) is 0 Å². The third-order valence-electron chi connectivity index (χ3n) is 3.58. The zero-order valence-corrected chi connectivity index (χ0v) is 18.8. The molecule has 1 heterocycles. The lowest BCUT2D eigenvalue weighted by molar-refractivity contribution is -0.140. The molecule has 0 aliphatic rings. The highest BCUT2D eigenvalue weighted by Crippen LogP contribution is 2.29. The third kappa shape index (κ3) is 7.92. The van der Waals surface area contributed by atoms with E-state index >= 15 is 0 Å². The number of ether oxygens (including phenoxy) is 1. The summed E-state index contributed by atoms with van der Waals surface area (Å²) in [5.41, 5.74) is 1.24. The van der Waals surface area contributed by atoms with E-state index in [9.17, 15) is 13.2 Å². The van der Waals surface area contributed by atoms with E-state index in [1.807, 2.05) is 38.1 Å². The van der Waals surface area contributed by atoms with Gasteiger partial charge in [-0.15, -0.1) is 35.3 Å². The van der Waals surface area contributed by atoms with Gasteiger partial charge in [0.15, 0.2) is 11.7 Å². The number of guanidine groups is 1. The first-order valence-electron chi connectivity index (χ1n) is 8.62. The minimum atomic E-state index is -4.42. The summed E-state index contributed by atoms with van der Waals surface area (Å²) in [6.07, 6.45) is -4.42. The Morgan fingerprint density at radius 3 is 2.50 bits per heavy atom. The summed E-state index contributed by atoms with van der Waals surface area (Å²) in [4.78, 5) is 8.13. The highest BCUT2D eigenvalue weighted by molar-refractivity contribution is 14.0. The van der Waals surface area contributed by atoms with Crippen LogP contribution in [0.2, 0.25) is 0 Å². The molecule has 0 unspecified atom stereocenters. The molecule has 0 aliphatic carbocycles. The van der Waals surface area contributed by atoms with E-state index in [1.165, 1.54) is 0 Å². The lowest BCUT2D eigenvalue weighted by Gasteiger charge is -2.12. The van der Waals surface area contributed by atoms with Crippen molar-refractivity contribution in [3.8, 4) is 0 Å². The monoisotopic (exact) mass is 528 g/mol. The fraction of sp³-hybridized carbons (Fsp3) is 0.444. The Balaban J connectivity index is 0.00000392. The van der Waals surface area contributed by atoms with Crippen LogP contribution in [0.25, 0.3) is 0 Å². The summed E-state index contributed by atoms with van der Waals surface area (Å²) < 4.78 is 43.4. The molecule has 2 rings (SSSR count). The van der Waals surface area contributed by atoms with Crippen molar-refractivity contribution in [2.24, 2.45) is 4.99 Å². The van der Waals surface area contributed by atoms with Crippen LogP contribution >= 0.6 is 35.3 Å². The second-order valence-corrected chi connectivity index (χ2v) is 6.52. The third-order valence-corrected chi connectivity index (χ3v) is 4.43. The SMILES string of the molecule is CCNC(=NCc1ccccc1COCC)NCc1nc(C(F)(F)F)cs1.I. The van der Waals surface area contributed by atoms with E-state index in [0.29, 0.717) is 37.3 Å². The van der Waals surface area contributed by atoms with Crippen LogP contribution in [0.5, 0.6) is 0 Å². The molecule has 0 amide bonds. The Hall–Kier alpha value is -1.40. The number of alkyl halides is 3. The quantitative estimate of drug-likeness (QED) is 0.300. The Morgan fingerprint density at radius 2 is 1.89 bits per heavy atom. The highest BCUT2D eigenvalue weighted by Gasteiger charge is 2.33. The minimum Gasteiger partial charge on any atom is -0.377 e. The van der Waals surface area contributed by atoms with E-state index in [-0.39, 0.29) is 30.5 Å². The predicted molar refractivity (Wildman–Crippen MR) is 116 cm³/mol. The Morgan fingerprint density at radius 1 is 1.18 bits per heavy atom. The van der Waals surface area contributed by atoms with Gasteiger partial charge in [0.25, 0.3) is 0 Å². The average Bonchev–Trinajstić information content (AvgIpc) is 3.12. The summed E-state index contributed by atoms with van der Waals surface area (Å²) in [7, 11) is 0. The lowest BCUT2D eigenvalue weighted by Crippen LogP contribution is -2.36. The number of halogens is 4. The molecule has 1 aromatic carbocycles. The number of aromatic nitrogens is 1. The van der Waals surface area contributed by atoms with Gasteiger partial charge in [-0.05, 0) is 25.0 Å². The maximum absolute atomic E-state index is 12.6. The first-order chi connectivity index (χ1) is 12.9. The topological polar surface area (TPSA) is 58.5 Å². The van der Waals surface area contributed by atoms with Gasteiger partial charge >= 0.3 is 6.18 Å². The van der Waals surface area contributed by atoms with Gasteiger partial charge in [0.2, 0.25) is 0 Å². The molecular formula is C18H24F3IN4OS. The predicted octanol–water partition coefficient (Wildman–Crippen LogP) is 4.57. The molecule has 2 N–H and O–H groups in total. The van der Waals surface area contributed by atoms with Crippen LogP contribution in [0.15, 0.2) is 34.6 Å². The van der Waals surface area contributed by atoms with E-state index < -0.39 is 11.9 Å². The van der Waals surface area contributed by atoms with Crippen molar-refractivity contribution >= 4 is 41.3 Å². The van der Waals surface area contributed by atoms with Crippen LogP contribution < -0.4 is 10.6 Å². The van der Waals surface area contributed by atoms with Crippen LogP contribution in [-0.2, 0) is 30.6 Å². The van der Waals surface area contributed by atoms with E-state index in [0.717, 1.165) is 27.8 Å². The summed E-state index contributed by atoms with van der Waals surface area (Å²) in [6.45, 7) is 6.26. The molecule has 10 heteroatoms. The van der Waals surface area contributed by atoms with Gasteiger partial charge in [0, 0.05) is 18.5 Å². The molecule has 0 saturated carbocycles. The van der Waals surface area contributed by atoms with Crippen LogP contribution in [0.1, 0.15) is 35.7 Å². The minimum absolute atomic E-state index is 0. The summed E-state index contributed by atoms with van der Waals surface area (Å²) >= 11 is 0.970. The largest absolute Gasteiger partial charge is 0.434 e. The summed E-state index contributed by atoms with van der Waals surface area (Å²) in [5.74, 6) is 0.521. The van der Waals surface area contributed by atoms with Gasteiger partial charge in [-0.1, -0.05) is 24.3 Å².